The fourth-order valence-corrected chi connectivity index (χ4v) is 1.72. The first kappa shape index (κ1) is 9.97. The summed E-state index contributed by atoms with van der Waals surface area (Å²) in [6.07, 6.45) is 2.77. The number of nitrogens with zero attached hydrogens (tertiary/aromatic N) is 1. The Labute approximate surface area is 87.8 Å². The number of hydrogen-bond donors (Lipinski definition) is 2. The Bertz CT molecular complexity index is 341. The highest BCUT2D eigenvalue weighted by Crippen LogP contribution is 2.45. The Balaban J connectivity index is 1.94. The molecule has 80 valence electrons. The van der Waals surface area contributed by atoms with Crippen molar-refractivity contribution in [1.82, 2.24) is 10.6 Å². The molecule has 1 saturated carbocycles. The van der Waals surface area contributed by atoms with Crippen LogP contribution in [-0.2, 0) is 9.59 Å². The first-order valence-corrected chi connectivity index (χ1v) is 5.18. The van der Waals surface area contributed by atoms with Gasteiger partial charge in [-0.3, -0.25) is 9.59 Å². The molecule has 2 amide bonds. The minimum Gasteiger partial charge on any atom is -0.354 e. The van der Waals surface area contributed by atoms with Gasteiger partial charge >= 0.3 is 0 Å². The number of carbonyl (C=O) groups is 2. The molecule has 1 aliphatic carbocycles. The SMILES string of the molecule is N#CC1(C(=O)NC2CCCNC2=O)CC1. The number of nitriles is 1. The molecule has 2 rings (SSSR count). The molecule has 0 aromatic rings. The van der Waals surface area contributed by atoms with Crippen molar-refractivity contribution in [3.63, 3.8) is 0 Å². The molecule has 0 spiro atoms. The van der Waals surface area contributed by atoms with Crippen molar-refractivity contribution in [2.75, 3.05) is 6.54 Å². The Hall–Kier alpha value is -1.57. The summed E-state index contributed by atoms with van der Waals surface area (Å²) in [6, 6.07) is 1.57. The van der Waals surface area contributed by atoms with Gasteiger partial charge in [0.25, 0.3) is 0 Å². The van der Waals surface area contributed by atoms with Gasteiger partial charge in [0.2, 0.25) is 11.8 Å². The zero-order valence-corrected chi connectivity index (χ0v) is 8.38. The molecular formula is C10H13N3O2. The molecule has 1 atom stereocenters. The van der Waals surface area contributed by atoms with E-state index < -0.39 is 11.5 Å². The van der Waals surface area contributed by atoms with Gasteiger partial charge in [0.05, 0.1) is 6.07 Å². The second-order valence-corrected chi connectivity index (χ2v) is 4.15. The first-order valence-electron chi connectivity index (χ1n) is 5.18. The quantitative estimate of drug-likeness (QED) is 0.651. The number of piperidine rings is 1. The molecule has 2 aliphatic rings. The highest BCUT2D eigenvalue weighted by molar-refractivity contribution is 5.93. The van der Waals surface area contributed by atoms with Gasteiger partial charge in [-0.05, 0) is 25.7 Å². The zero-order valence-electron chi connectivity index (χ0n) is 8.38. The van der Waals surface area contributed by atoms with E-state index in [-0.39, 0.29) is 11.8 Å². The fraction of sp³-hybridized carbons (Fsp3) is 0.700. The summed E-state index contributed by atoms with van der Waals surface area (Å²) in [7, 11) is 0. The summed E-state index contributed by atoms with van der Waals surface area (Å²) in [4.78, 5) is 23.0. The van der Waals surface area contributed by atoms with Gasteiger partial charge in [-0.2, -0.15) is 5.26 Å². The molecule has 1 heterocycles. The second kappa shape index (κ2) is 3.54. The maximum Gasteiger partial charge on any atom is 0.242 e. The molecular weight excluding hydrogens is 194 g/mol. The van der Waals surface area contributed by atoms with Gasteiger partial charge in [0.1, 0.15) is 11.5 Å². The molecule has 0 bridgehead atoms. The van der Waals surface area contributed by atoms with Crippen LogP contribution in [0.1, 0.15) is 25.7 Å². The molecule has 2 N–H and O–H groups in total. The molecule has 0 aromatic heterocycles. The largest absolute Gasteiger partial charge is 0.354 e. The maximum atomic E-state index is 11.7. The van der Waals surface area contributed by atoms with E-state index in [1.54, 1.807) is 0 Å². The van der Waals surface area contributed by atoms with E-state index in [4.69, 9.17) is 5.26 Å². The monoisotopic (exact) mass is 207 g/mol. The van der Waals surface area contributed by atoms with E-state index in [0.717, 1.165) is 6.42 Å². The Morgan fingerprint density at radius 1 is 1.60 bits per heavy atom. The predicted octanol–water partition coefficient (Wildman–Crippen LogP) is -0.315. The third-order valence-electron chi connectivity index (χ3n) is 2.99. The third kappa shape index (κ3) is 1.80. The standard InChI is InChI=1S/C10H13N3O2/c11-6-10(3-4-10)9(15)13-7-2-1-5-12-8(7)14/h7H,1-5H2,(H,12,14)(H,13,15). The number of hydrogen-bond acceptors (Lipinski definition) is 3. The van der Waals surface area contributed by atoms with Gasteiger partial charge in [-0.15, -0.1) is 0 Å². The van der Waals surface area contributed by atoms with Crippen LogP contribution in [0.3, 0.4) is 0 Å². The zero-order chi connectivity index (χ0) is 10.9. The number of nitrogens with one attached hydrogen (secondary N) is 2. The summed E-state index contributed by atoms with van der Waals surface area (Å²) in [5, 5.41) is 14.2. The third-order valence-corrected chi connectivity index (χ3v) is 2.99. The summed E-state index contributed by atoms with van der Waals surface area (Å²) < 4.78 is 0. The van der Waals surface area contributed by atoms with Crippen LogP contribution >= 0.6 is 0 Å². The van der Waals surface area contributed by atoms with Crippen molar-refractivity contribution in [3.05, 3.63) is 0 Å². The highest BCUT2D eigenvalue weighted by Gasteiger charge is 2.51. The lowest BCUT2D eigenvalue weighted by Crippen LogP contribution is -2.51. The highest BCUT2D eigenvalue weighted by atomic mass is 16.2. The lowest BCUT2D eigenvalue weighted by Gasteiger charge is -2.23. The summed E-state index contributed by atoms with van der Waals surface area (Å²) in [5.41, 5.74) is -0.836. The number of amides is 2. The van der Waals surface area contributed by atoms with Crippen LogP contribution in [0.15, 0.2) is 0 Å². The van der Waals surface area contributed by atoms with E-state index in [1.165, 1.54) is 0 Å². The van der Waals surface area contributed by atoms with Gasteiger partial charge in [-0.1, -0.05) is 0 Å². The van der Waals surface area contributed by atoms with E-state index in [9.17, 15) is 9.59 Å². The molecule has 1 unspecified atom stereocenters. The van der Waals surface area contributed by atoms with Crippen molar-refractivity contribution >= 4 is 11.8 Å². The molecule has 2 fully saturated rings. The van der Waals surface area contributed by atoms with E-state index in [2.05, 4.69) is 10.6 Å². The van der Waals surface area contributed by atoms with Crippen molar-refractivity contribution in [2.45, 2.75) is 31.7 Å². The van der Waals surface area contributed by atoms with Crippen LogP contribution in [0.25, 0.3) is 0 Å². The average Bonchev–Trinajstić information content (AvgIpc) is 3.02. The van der Waals surface area contributed by atoms with Crippen LogP contribution in [0.5, 0.6) is 0 Å². The summed E-state index contributed by atoms with van der Waals surface area (Å²) in [6.45, 7) is 0.675. The molecule has 5 heteroatoms. The average molecular weight is 207 g/mol. The van der Waals surface area contributed by atoms with Gasteiger partial charge < -0.3 is 10.6 Å². The molecule has 0 radical (unpaired) electrons. The maximum absolute atomic E-state index is 11.7. The van der Waals surface area contributed by atoms with Crippen molar-refractivity contribution in [3.8, 4) is 6.07 Å². The van der Waals surface area contributed by atoms with E-state index in [1.807, 2.05) is 6.07 Å². The minimum atomic E-state index is -0.836. The molecule has 1 aliphatic heterocycles. The lowest BCUT2D eigenvalue weighted by molar-refractivity contribution is -0.131. The Morgan fingerprint density at radius 2 is 2.33 bits per heavy atom. The Kier molecular flexibility index (Phi) is 2.35. The molecule has 0 aromatic carbocycles. The van der Waals surface area contributed by atoms with E-state index >= 15 is 0 Å². The van der Waals surface area contributed by atoms with Crippen LogP contribution < -0.4 is 10.6 Å². The lowest BCUT2D eigenvalue weighted by atomic mass is 10.0. The van der Waals surface area contributed by atoms with Crippen molar-refractivity contribution in [2.24, 2.45) is 5.41 Å². The topological polar surface area (TPSA) is 82.0 Å². The van der Waals surface area contributed by atoms with Crippen LogP contribution in [-0.4, -0.2) is 24.4 Å². The number of rotatable bonds is 2. The van der Waals surface area contributed by atoms with Crippen LogP contribution in [0, 0.1) is 16.7 Å². The predicted molar refractivity (Wildman–Crippen MR) is 51.5 cm³/mol. The molecule has 5 nitrogen and oxygen atoms in total. The summed E-state index contributed by atoms with van der Waals surface area (Å²) in [5.74, 6) is -0.421. The van der Waals surface area contributed by atoms with Gasteiger partial charge in [0.15, 0.2) is 0 Å². The van der Waals surface area contributed by atoms with Crippen LogP contribution in [0.2, 0.25) is 0 Å². The first-order chi connectivity index (χ1) is 7.18. The van der Waals surface area contributed by atoms with Gasteiger partial charge in [-0.25, -0.2) is 0 Å². The molecule has 15 heavy (non-hydrogen) atoms. The molecule has 1 saturated heterocycles. The smallest absolute Gasteiger partial charge is 0.242 e. The van der Waals surface area contributed by atoms with Crippen LogP contribution in [0.4, 0.5) is 0 Å². The second-order valence-electron chi connectivity index (χ2n) is 4.15. The fourth-order valence-electron chi connectivity index (χ4n) is 1.72. The minimum absolute atomic E-state index is 0.136. The number of carbonyl (C=O) groups excluding carboxylic acids is 2. The normalized spacial score (nSPS) is 27.4. The van der Waals surface area contributed by atoms with Gasteiger partial charge in [0, 0.05) is 6.54 Å². The van der Waals surface area contributed by atoms with Crippen molar-refractivity contribution < 1.29 is 9.59 Å². The summed E-state index contributed by atoms with van der Waals surface area (Å²) >= 11 is 0. The van der Waals surface area contributed by atoms with Crippen molar-refractivity contribution in [1.29, 1.82) is 5.26 Å². The van der Waals surface area contributed by atoms with E-state index in [0.29, 0.717) is 25.8 Å². The Morgan fingerprint density at radius 3 is 2.87 bits per heavy atom.